The number of nitrogens with zero attached hydrogens (tertiary/aromatic N) is 3. The van der Waals surface area contributed by atoms with Crippen LogP contribution in [0, 0.1) is 13.8 Å². The molecule has 0 saturated carbocycles. The van der Waals surface area contributed by atoms with E-state index in [2.05, 4.69) is 27.0 Å². The number of nitrogens with one attached hydrogen (secondary N) is 2. The van der Waals surface area contributed by atoms with Gasteiger partial charge in [0, 0.05) is 12.1 Å². The molecule has 0 aliphatic carbocycles. The van der Waals surface area contributed by atoms with Crippen LogP contribution < -0.4 is 15.5 Å². The predicted molar refractivity (Wildman–Crippen MR) is 119 cm³/mol. The van der Waals surface area contributed by atoms with Crippen molar-refractivity contribution in [2.45, 2.75) is 43.6 Å². The molecule has 30 heavy (non-hydrogen) atoms. The Morgan fingerprint density at radius 2 is 1.87 bits per heavy atom. The lowest BCUT2D eigenvalue weighted by Gasteiger charge is -2.33. The number of thioether (sulfide) groups is 1. The van der Waals surface area contributed by atoms with Gasteiger partial charge in [0.05, 0.1) is 13.2 Å². The zero-order valence-corrected chi connectivity index (χ0v) is 18.3. The van der Waals surface area contributed by atoms with E-state index in [1.54, 1.807) is 7.11 Å². The molecule has 4 rings (SSSR count). The number of ether oxygens (including phenoxy) is 1. The number of aromatic nitrogens is 3. The van der Waals surface area contributed by atoms with Crippen LogP contribution in [0.25, 0.3) is 0 Å². The quantitative estimate of drug-likeness (QED) is 0.649. The number of carbonyl (C=O) groups is 1. The summed E-state index contributed by atoms with van der Waals surface area (Å²) in [5.41, 5.74) is 7.47. The molecule has 1 aliphatic heterocycles. The highest BCUT2D eigenvalue weighted by Gasteiger charge is 2.37. The fraction of sp³-hybridized carbons (Fsp3) is 0.318. The van der Waals surface area contributed by atoms with Gasteiger partial charge >= 0.3 is 0 Å². The van der Waals surface area contributed by atoms with E-state index in [1.807, 2.05) is 61.8 Å². The Bertz CT molecular complexity index is 1040. The first-order chi connectivity index (χ1) is 14.5. The smallest absolute Gasteiger partial charge is 0.240 e. The summed E-state index contributed by atoms with van der Waals surface area (Å²) in [6.45, 7) is 6.08. The second-order valence-electron chi connectivity index (χ2n) is 7.37. The minimum atomic E-state index is -0.416. The van der Waals surface area contributed by atoms with Gasteiger partial charge in [-0.05, 0) is 54.8 Å². The monoisotopic (exact) mass is 423 g/mol. The third-order valence-corrected chi connectivity index (χ3v) is 6.26. The second-order valence-corrected chi connectivity index (χ2v) is 8.48. The molecule has 2 N–H and O–H groups in total. The molecule has 0 spiro atoms. The first kappa shape index (κ1) is 20.3. The third kappa shape index (κ3) is 4.00. The highest BCUT2D eigenvalue weighted by atomic mass is 32.2. The van der Waals surface area contributed by atoms with Crippen LogP contribution in [0.3, 0.4) is 0 Å². The number of aryl methyl sites for hydroxylation is 3. The van der Waals surface area contributed by atoms with Crippen molar-refractivity contribution in [3.05, 3.63) is 65.0 Å². The minimum Gasteiger partial charge on any atom is -0.497 e. The Morgan fingerprint density at radius 3 is 2.50 bits per heavy atom. The van der Waals surface area contributed by atoms with Gasteiger partial charge in [0.25, 0.3) is 0 Å². The molecule has 0 bridgehead atoms. The third-order valence-electron chi connectivity index (χ3n) is 5.04. The molecule has 156 valence electrons. The second kappa shape index (κ2) is 8.39. The number of amides is 1. The molecule has 0 fully saturated rings. The van der Waals surface area contributed by atoms with Crippen molar-refractivity contribution in [2.75, 3.05) is 17.9 Å². The lowest BCUT2D eigenvalue weighted by Crippen LogP contribution is -2.41. The Morgan fingerprint density at radius 1 is 1.17 bits per heavy atom. The van der Waals surface area contributed by atoms with Gasteiger partial charge in [0.15, 0.2) is 5.82 Å². The fourth-order valence-corrected chi connectivity index (χ4v) is 4.75. The van der Waals surface area contributed by atoms with Crippen molar-refractivity contribution in [2.24, 2.45) is 0 Å². The Labute approximate surface area is 180 Å². The van der Waals surface area contributed by atoms with Crippen molar-refractivity contribution >= 4 is 23.4 Å². The number of benzene rings is 2. The van der Waals surface area contributed by atoms with Crippen molar-refractivity contribution in [3.8, 4) is 5.75 Å². The number of fused-ring (bicyclic) bond motifs is 1. The van der Waals surface area contributed by atoms with Crippen molar-refractivity contribution < 1.29 is 9.53 Å². The number of hydrogen-bond donors (Lipinski definition) is 2. The van der Waals surface area contributed by atoms with Gasteiger partial charge in [0.2, 0.25) is 11.1 Å². The summed E-state index contributed by atoms with van der Waals surface area (Å²) in [6, 6.07) is 13.6. The van der Waals surface area contributed by atoms with Crippen LogP contribution in [0.1, 0.15) is 35.5 Å². The van der Waals surface area contributed by atoms with Gasteiger partial charge in [-0.15, -0.1) is 10.2 Å². The zero-order valence-electron chi connectivity index (χ0n) is 17.5. The average molecular weight is 424 g/mol. The van der Waals surface area contributed by atoms with E-state index in [-0.39, 0.29) is 11.9 Å². The fourth-order valence-electron chi connectivity index (χ4n) is 3.65. The first-order valence-electron chi connectivity index (χ1n) is 9.89. The molecular formula is C22H25N5O2S. The van der Waals surface area contributed by atoms with Gasteiger partial charge in [-0.1, -0.05) is 36.9 Å². The van der Waals surface area contributed by atoms with E-state index in [1.165, 1.54) is 11.8 Å². The lowest BCUT2D eigenvalue weighted by atomic mass is 10.0. The maximum Gasteiger partial charge on any atom is 0.240 e. The highest BCUT2D eigenvalue weighted by molar-refractivity contribution is 8.00. The molecule has 1 aromatic heterocycles. The summed E-state index contributed by atoms with van der Waals surface area (Å²) < 4.78 is 7.17. The SMILES string of the molecule is CCc1nnc2n1N[C@H](c1ccc(OC)cc1)[C@H](C(=O)Nc1cc(C)cc(C)c1)S2. The maximum atomic E-state index is 13.3. The van der Waals surface area contributed by atoms with E-state index < -0.39 is 5.25 Å². The van der Waals surface area contributed by atoms with Crippen molar-refractivity contribution in [1.29, 1.82) is 0 Å². The molecule has 2 aromatic carbocycles. The summed E-state index contributed by atoms with van der Waals surface area (Å²) in [6.07, 6.45) is 0.745. The molecule has 7 nitrogen and oxygen atoms in total. The first-order valence-corrected chi connectivity index (χ1v) is 10.8. The number of rotatable bonds is 5. The number of methoxy groups -OCH3 is 1. The molecule has 0 radical (unpaired) electrons. The van der Waals surface area contributed by atoms with Crippen LogP contribution in [0.4, 0.5) is 5.69 Å². The van der Waals surface area contributed by atoms with Gasteiger partial charge < -0.3 is 15.5 Å². The van der Waals surface area contributed by atoms with E-state index in [9.17, 15) is 4.79 Å². The summed E-state index contributed by atoms with van der Waals surface area (Å²) in [7, 11) is 1.64. The number of carbonyl (C=O) groups excluding carboxylic acids is 1. The molecule has 0 unspecified atom stereocenters. The molecule has 8 heteroatoms. The van der Waals surface area contributed by atoms with Gasteiger partial charge in [0.1, 0.15) is 11.0 Å². The summed E-state index contributed by atoms with van der Waals surface area (Å²) in [4.78, 5) is 13.3. The Hall–Kier alpha value is -3.00. The number of anilines is 1. The largest absolute Gasteiger partial charge is 0.497 e. The Balaban J connectivity index is 1.67. The van der Waals surface area contributed by atoms with Crippen LogP contribution >= 0.6 is 11.8 Å². The van der Waals surface area contributed by atoms with Gasteiger partial charge in [-0.25, -0.2) is 4.68 Å². The normalized spacial score (nSPS) is 17.7. The summed E-state index contributed by atoms with van der Waals surface area (Å²) in [5, 5.41) is 11.9. The predicted octanol–water partition coefficient (Wildman–Crippen LogP) is 3.86. The summed E-state index contributed by atoms with van der Waals surface area (Å²) >= 11 is 1.43. The molecule has 0 saturated heterocycles. The summed E-state index contributed by atoms with van der Waals surface area (Å²) in [5.74, 6) is 1.53. The van der Waals surface area contributed by atoms with Crippen molar-refractivity contribution in [3.63, 3.8) is 0 Å². The minimum absolute atomic E-state index is 0.0781. The number of hydrogen-bond acceptors (Lipinski definition) is 6. The van der Waals surface area contributed by atoms with Crippen LogP contribution in [0.2, 0.25) is 0 Å². The molecule has 3 aromatic rings. The zero-order chi connectivity index (χ0) is 21.3. The topological polar surface area (TPSA) is 81.1 Å². The molecule has 1 aliphatic rings. The van der Waals surface area contributed by atoms with E-state index in [4.69, 9.17) is 4.74 Å². The van der Waals surface area contributed by atoms with Crippen LogP contribution in [-0.4, -0.2) is 33.1 Å². The Kier molecular flexibility index (Phi) is 5.67. The highest BCUT2D eigenvalue weighted by Crippen LogP contribution is 2.38. The standard InChI is InChI=1S/C22H25N5O2S/c1-5-18-24-25-22-27(18)26-19(15-6-8-17(29-4)9-7-15)20(30-22)21(28)23-16-11-13(2)10-14(3)12-16/h6-12,19-20,26H,5H2,1-4H3,(H,23,28)/t19-,20-/m1/s1. The van der Waals surface area contributed by atoms with Crippen LogP contribution in [-0.2, 0) is 11.2 Å². The maximum absolute atomic E-state index is 13.3. The van der Waals surface area contributed by atoms with Gasteiger partial charge in [-0.3, -0.25) is 4.79 Å². The average Bonchev–Trinajstić information content (AvgIpc) is 3.14. The van der Waals surface area contributed by atoms with Crippen LogP contribution in [0.15, 0.2) is 47.6 Å². The molecular weight excluding hydrogens is 398 g/mol. The van der Waals surface area contributed by atoms with Crippen LogP contribution in [0.5, 0.6) is 5.75 Å². The molecule has 2 heterocycles. The van der Waals surface area contributed by atoms with E-state index in [0.29, 0.717) is 5.16 Å². The molecule has 2 atom stereocenters. The van der Waals surface area contributed by atoms with Gasteiger partial charge in [-0.2, -0.15) is 0 Å². The lowest BCUT2D eigenvalue weighted by molar-refractivity contribution is -0.116. The molecule has 1 amide bonds. The van der Waals surface area contributed by atoms with E-state index >= 15 is 0 Å². The van der Waals surface area contributed by atoms with Crippen molar-refractivity contribution in [1.82, 2.24) is 14.9 Å². The van der Waals surface area contributed by atoms with E-state index in [0.717, 1.165) is 40.4 Å².